The predicted octanol–water partition coefficient (Wildman–Crippen LogP) is 1.42. The Labute approximate surface area is 125 Å². The highest BCUT2D eigenvalue weighted by Gasteiger charge is 2.15. The fourth-order valence-corrected chi connectivity index (χ4v) is 3.38. The summed E-state index contributed by atoms with van der Waals surface area (Å²) in [7, 11) is -3.30. The fourth-order valence-electron chi connectivity index (χ4n) is 1.66. The third kappa shape index (κ3) is 3.77. The molecule has 7 heteroatoms. The number of rotatable bonds is 5. The normalized spacial score (nSPS) is 11.7. The monoisotopic (exact) mass is 391 g/mol. The van der Waals surface area contributed by atoms with E-state index < -0.39 is 9.84 Å². The molecule has 0 aliphatic heterocycles. The number of nitrogens with two attached hydrogens (primary N) is 1. The van der Waals surface area contributed by atoms with E-state index in [0.29, 0.717) is 18.0 Å². The SMILES string of the molecule is NCc1cccc(S(=O)(=O)CCn2cc(I)cn2)c1. The molecule has 0 saturated heterocycles. The van der Waals surface area contributed by atoms with Crippen molar-refractivity contribution in [1.29, 1.82) is 0 Å². The number of halogens is 1. The van der Waals surface area contributed by atoms with Gasteiger partial charge in [-0.15, -0.1) is 0 Å². The molecule has 1 aromatic carbocycles. The van der Waals surface area contributed by atoms with Crippen LogP contribution in [0.2, 0.25) is 0 Å². The van der Waals surface area contributed by atoms with Crippen LogP contribution in [0.3, 0.4) is 0 Å². The van der Waals surface area contributed by atoms with Crippen molar-refractivity contribution in [2.75, 3.05) is 5.75 Å². The van der Waals surface area contributed by atoms with Crippen molar-refractivity contribution in [1.82, 2.24) is 9.78 Å². The van der Waals surface area contributed by atoms with Crippen LogP contribution in [0.5, 0.6) is 0 Å². The van der Waals surface area contributed by atoms with E-state index in [4.69, 9.17) is 5.73 Å². The molecule has 0 amide bonds. The smallest absolute Gasteiger partial charge is 0.180 e. The lowest BCUT2D eigenvalue weighted by atomic mass is 10.2. The molecule has 0 radical (unpaired) electrons. The van der Waals surface area contributed by atoms with Crippen molar-refractivity contribution in [2.24, 2.45) is 5.73 Å². The average molecular weight is 391 g/mol. The molecule has 0 atom stereocenters. The Kier molecular flexibility index (Phi) is 4.58. The van der Waals surface area contributed by atoms with Crippen LogP contribution in [0.4, 0.5) is 0 Å². The quantitative estimate of drug-likeness (QED) is 0.783. The summed E-state index contributed by atoms with van der Waals surface area (Å²) in [5, 5.41) is 4.07. The summed E-state index contributed by atoms with van der Waals surface area (Å²) in [5.41, 5.74) is 6.33. The summed E-state index contributed by atoms with van der Waals surface area (Å²) in [6.45, 7) is 0.679. The second kappa shape index (κ2) is 6.02. The van der Waals surface area contributed by atoms with Gasteiger partial charge in [-0.2, -0.15) is 5.10 Å². The van der Waals surface area contributed by atoms with Crippen LogP contribution in [-0.4, -0.2) is 24.0 Å². The zero-order valence-electron chi connectivity index (χ0n) is 10.2. The average Bonchev–Trinajstić information content (AvgIpc) is 2.82. The first-order valence-electron chi connectivity index (χ1n) is 5.71. The Morgan fingerprint density at radius 2 is 2.16 bits per heavy atom. The zero-order valence-corrected chi connectivity index (χ0v) is 13.1. The summed E-state index contributed by atoms with van der Waals surface area (Å²) in [6.07, 6.45) is 3.51. The highest BCUT2D eigenvalue weighted by Crippen LogP contribution is 2.13. The molecule has 2 aromatic rings. The Hall–Kier alpha value is -0.930. The van der Waals surface area contributed by atoms with Crippen LogP contribution in [-0.2, 0) is 22.9 Å². The second-order valence-corrected chi connectivity index (χ2v) is 7.45. The van der Waals surface area contributed by atoms with Crippen LogP contribution >= 0.6 is 22.6 Å². The highest BCUT2D eigenvalue weighted by molar-refractivity contribution is 14.1. The first-order chi connectivity index (χ1) is 9.01. The summed E-state index contributed by atoms with van der Waals surface area (Å²) < 4.78 is 27.0. The molecule has 1 heterocycles. The van der Waals surface area contributed by atoms with Crippen LogP contribution < -0.4 is 5.73 Å². The number of aryl methyl sites for hydroxylation is 1. The van der Waals surface area contributed by atoms with Gasteiger partial charge in [0.1, 0.15) is 0 Å². The van der Waals surface area contributed by atoms with E-state index in [1.165, 1.54) is 0 Å². The lowest BCUT2D eigenvalue weighted by Gasteiger charge is -2.06. The maximum atomic E-state index is 12.2. The third-order valence-corrected chi connectivity index (χ3v) is 4.93. The molecule has 2 N–H and O–H groups in total. The topological polar surface area (TPSA) is 78.0 Å². The van der Waals surface area contributed by atoms with E-state index in [1.54, 1.807) is 29.1 Å². The number of benzene rings is 1. The zero-order chi connectivity index (χ0) is 13.9. The number of hydrogen-bond donors (Lipinski definition) is 1. The van der Waals surface area contributed by atoms with Crippen molar-refractivity contribution in [2.45, 2.75) is 18.0 Å². The number of sulfone groups is 1. The van der Waals surface area contributed by atoms with Crippen LogP contribution in [0.25, 0.3) is 0 Å². The van der Waals surface area contributed by atoms with Crippen molar-refractivity contribution in [3.8, 4) is 0 Å². The third-order valence-electron chi connectivity index (χ3n) is 2.68. The standard InChI is InChI=1S/C12H14IN3O2S/c13-11-8-15-16(9-11)4-5-19(17,18)12-3-1-2-10(6-12)7-14/h1-3,6,8-9H,4-5,7,14H2. The van der Waals surface area contributed by atoms with Crippen molar-refractivity contribution < 1.29 is 8.42 Å². The van der Waals surface area contributed by atoms with Crippen LogP contribution in [0.15, 0.2) is 41.6 Å². The molecule has 0 fully saturated rings. The van der Waals surface area contributed by atoms with Gasteiger partial charge in [-0.1, -0.05) is 12.1 Å². The summed E-state index contributed by atoms with van der Waals surface area (Å²) in [4.78, 5) is 0.317. The van der Waals surface area contributed by atoms with Gasteiger partial charge in [0.25, 0.3) is 0 Å². The minimum Gasteiger partial charge on any atom is -0.326 e. The summed E-state index contributed by atoms with van der Waals surface area (Å²) >= 11 is 2.14. The Balaban J connectivity index is 2.13. The molecule has 0 unspecified atom stereocenters. The maximum Gasteiger partial charge on any atom is 0.180 e. The molecule has 0 aliphatic carbocycles. The largest absolute Gasteiger partial charge is 0.326 e. The number of aromatic nitrogens is 2. The predicted molar refractivity (Wildman–Crippen MR) is 81.3 cm³/mol. The minimum atomic E-state index is -3.30. The number of hydrogen-bond acceptors (Lipinski definition) is 4. The number of nitrogens with zero attached hydrogens (tertiary/aromatic N) is 2. The van der Waals surface area contributed by atoms with E-state index in [0.717, 1.165) is 9.13 Å². The van der Waals surface area contributed by atoms with Gasteiger partial charge < -0.3 is 5.73 Å². The summed E-state index contributed by atoms with van der Waals surface area (Å²) in [6, 6.07) is 6.75. The van der Waals surface area contributed by atoms with Gasteiger partial charge in [0, 0.05) is 12.7 Å². The van der Waals surface area contributed by atoms with E-state index in [1.807, 2.05) is 12.3 Å². The van der Waals surface area contributed by atoms with Gasteiger partial charge in [-0.25, -0.2) is 8.42 Å². The summed E-state index contributed by atoms with van der Waals surface area (Å²) in [5.74, 6) is 0.0266. The van der Waals surface area contributed by atoms with Crippen molar-refractivity contribution >= 4 is 32.4 Å². The van der Waals surface area contributed by atoms with E-state index in [9.17, 15) is 8.42 Å². The van der Waals surface area contributed by atoms with Gasteiger partial charge in [0.15, 0.2) is 9.84 Å². The van der Waals surface area contributed by atoms with E-state index in [2.05, 4.69) is 27.7 Å². The Morgan fingerprint density at radius 3 is 2.79 bits per heavy atom. The van der Waals surface area contributed by atoms with Gasteiger partial charge in [0.05, 0.1) is 27.0 Å². The molecule has 0 spiro atoms. The van der Waals surface area contributed by atoms with Crippen molar-refractivity contribution in [3.63, 3.8) is 0 Å². The van der Waals surface area contributed by atoms with E-state index in [-0.39, 0.29) is 5.75 Å². The first kappa shape index (κ1) is 14.5. The van der Waals surface area contributed by atoms with Gasteiger partial charge in [-0.3, -0.25) is 4.68 Å². The van der Waals surface area contributed by atoms with Crippen molar-refractivity contribution in [3.05, 3.63) is 45.8 Å². The maximum absolute atomic E-state index is 12.2. The van der Waals surface area contributed by atoms with Gasteiger partial charge >= 0.3 is 0 Å². The molecular formula is C12H14IN3O2S. The van der Waals surface area contributed by atoms with Gasteiger partial charge in [0.2, 0.25) is 0 Å². The molecule has 0 aliphatic rings. The minimum absolute atomic E-state index is 0.0266. The molecule has 102 valence electrons. The molecule has 0 bridgehead atoms. The molecule has 2 rings (SSSR count). The lowest BCUT2D eigenvalue weighted by Crippen LogP contribution is -2.14. The second-order valence-electron chi connectivity index (χ2n) is 4.09. The molecule has 1 aromatic heterocycles. The highest BCUT2D eigenvalue weighted by atomic mass is 127. The Bertz CT molecular complexity index is 667. The fraction of sp³-hybridized carbons (Fsp3) is 0.250. The van der Waals surface area contributed by atoms with E-state index >= 15 is 0 Å². The molecule has 19 heavy (non-hydrogen) atoms. The molecule has 5 nitrogen and oxygen atoms in total. The Morgan fingerprint density at radius 1 is 1.37 bits per heavy atom. The van der Waals surface area contributed by atoms with Crippen LogP contribution in [0.1, 0.15) is 5.56 Å². The molecule has 0 saturated carbocycles. The lowest BCUT2D eigenvalue weighted by molar-refractivity contribution is 0.580. The first-order valence-corrected chi connectivity index (χ1v) is 8.44. The molecular weight excluding hydrogens is 377 g/mol. The van der Waals surface area contributed by atoms with Crippen LogP contribution in [0, 0.1) is 3.57 Å². The van der Waals surface area contributed by atoms with Gasteiger partial charge in [-0.05, 0) is 40.3 Å².